The van der Waals surface area contributed by atoms with E-state index < -0.39 is 6.10 Å². The van der Waals surface area contributed by atoms with E-state index in [1.54, 1.807) is 11.9 Å². The van der Waals surface area contributed by atoms with Crippen molar-refractivity contribution in [1.82, 2.24) is 4.98 Å². The van der Waals surface area contributed by atoms with Gasteiger partial charge in [-0.05, 0) is 98.6 Å². The fourth-order valence-electron chi connectivity index (χ4n) is 6.78. The van der Waals surface area contributed by atoms with Crippen molar-refractivity contribution in [2.75, 3.05) is 22.4 Å². The van der Waals surface area contributed by atoms with Crippen LogP contribution >= 0.6 is 11.9 Å². The average molecular weight is 478 g/mol. The third kappa shape index (κ3) is 3.83. The maximum atomic E-state index is 13.8. The summed E-state index contributed by atoms with van der Waals surface area (Å²) in [5.74, 6) is 0.212. The lowest BCUT2D eigenvalue weighted by molar-refractivity contribution is 0.0966. The first-order valence-corrected chi connectivity index (χ1v) is 14.2. The molecule has 0 radical (unpaired) electrons. The Morgan fingerprint density at radius 1 is 1.12 bits per heavy atom. The standard InChI is InChI=1S/C28H35N3O2S/c1-34-30-20-9-10-24-21(17-20)28(15-13-27(11-12-27)14-16-28)18-31(24)26(33)23-8-4-7-22(29-23)25(32)19-5-2-3-6-19/h4,7-10,17,19,25,30,32H,2-3,5-6,11-16,18H2,1H3/t25-/m1/s1. The van der Waals surface area contributed by atoms with Crippen molar-refractivity contribution < 1.29 is 9.90 Å². The Kier molecular flexibility index (Phi) is 5.64. The second-order valence-corrected chi connectivity index (χ2v) is 11.8. The highest BCUT2D eigenvalue weighted by Crippen LogP contribution is 2.62. The summed E-state index contributed by atoms with van der Waals surface area (Å²) in [6.07, 6.45) is 13.5. The van der Waals surface area contributed by atoms with Crippen LogP contribution in [0.2, 0.25) is 0 Å². The third-order valence-corrected chi connectivity index (χ3v) is 9.59. The Balaban J connectivity index is 1.31. The molecule has 1 aromatic carbocycles. The second kappa shape index (κ2) is 8.56. The fourth-order valence-corrected chi connectivity index (χ4v) is 7.15. The molecule has 6 heteroatoms. The molecule has 2 spiro atoms. The van der Waals surface area contributed by atoms with Crippen LogP contribution in [0.1, 0.15) is 92.1 Å². The number of pyridine rings is 1. The number of carbonyl (C=O) groups excluding carboxylic acids is 1. The van der Waals surface area contributed by atoms with Gasteiger partial charge in [-0.3, -0.25) is 4.79 Å². The summed E-state index contributed by atoms with van der Waals surface area (Å²) in [5.41, 5.74) is 5.18. The molecule has 1 aromatic heterocycles. The zero-order chi connectivity index (χ0) is 23.3. The van der Waals surface area contributed by atoms with Gasteiger partial charge in [0.25, 0.3) is 5.91 Å². The number of nitrogens with zero attached hydrogens (tertiary/aromatic N) is 2. The Labute approximate surface area is 206 Å². The van der Waals surface area contributed by atoms with E-state index in [1.165, 1.54) is 44.1 Å². The summed E-state index contributed by atoms with van der Waals surface area (Å²) in [7, 11) is 0. The van der Waals surface area contributed by atoms with E-state index in [2.05, 4.69) is 22.9 Å². The van der Waals surface area contributed by atoms with E-state index >= 15 is 0 Å². The van der Waals surface area contributed by atoms with E-state index in [9.17, 15) is 9.90 Å². The van der Waals surface area contributed by atoms with Crippen molar-refractivity contribution in [3.05, 3.63) is 53.3 Å². The molecule has 3 aliphatic carbocycles. The van der Waals surface area contributed by atoms with E-state index in [4.69, 9.17) is 4.98 Å². The summed E-state index contributed by atoms with van der Waals surface area (Å²) in [6.45, 7) is 0.733. The van der Waals surface area contributed by atoms with Gasteiger partial charge in [0, 0.05) is 29.6 Å². The summed E-state index contributed by atoms with van der Waals surface area (Å²) >= 11 is 1.60. The first kappa shape index (κ1) is 22.4. The van der Waals surface area contributed by atoms with Gasteiger partial charge in [-0.2, -0.15) is 0 Å². The highest BCUT2D eigenvalue weighted by molar-refractivity contribution is 7.99. The van der Waals surface area contributed by atoms with Crippen LogP contribution in [-0.4, -0.2) is 28.8 Å². The third-order valence-electron chi connectivity index (χ3n) is 9.15. The number of aliphatic hydroxyl groups excluding tert-OH is 1. The van der Waals surface area contributed by atoms with E-state index in [-0.39, 0.29) is 17.2 Å². The Hall–Kier alpha value is -2.05. The Morgan fingerprint density at radius 2 is 1.85 bits per heavy atom. The summed E-state index contributed by atoms with van der Waals surface area (Å²) in [5, 5.41) is 10.9. The van der Waals surface area contributed by atoms with Crippen LogP contribution in [0, 0.1) is 11.3 Å². The zero-order valence-electron chi connectivity index (χ0n) is 20.1. The molecule has 1 atom stereocenters. The first-order chi connectivity index (χ1) is 16.5. The maximum Gasteiger partial charge on any atom is 0.276 e. The van der Waals surface area contributed by atoms with Crippen molar-refractivity contribution in [1.29, 1.82) is 0 Å². The zero-order valence-corrected chi connectivity index (χ0v) is 20.9. The van der Waals surface area contributed by atoms with Gasteiger partial charge in [0.15, 0.2) is 0 Å². The minimum atomic E-state index is -0.583. The van der Waals surface area contributed by atoms with Crippen LogP contribution in [0.4, 0.5) is 11.4 Å². The van der Waals surface area contributed by atoms with E-state index in [0.29, 0.717) is 16.8 Å². The predicted octanol–water partition coefficient (Wildman–Crippen LogP) is 6.25. The minimum Gasteiger partial charge on any atom is -0.387 e. The van der Waals surface area contributed by atoms with Gasteiger partial charge in [-0.15, -0.1) is 0 Å². The fraction of sp³-hybridized carbons (Fsp3) is 0.571. The number of benzene rings is 1. The SMILES string of the molecule is CSNc1ccc2c(c1)C1(CCC3(CC3)CC1)CN2C(=O)c1cccc([C@H](O)C2CCCC2)n1. The number of hydrogen-bond donors (Lipinski definition) is 2. The lowest BCUT2D eigenvalue weighted by Gasteiger charge is -2.38. The molecule has 2 N–H and O–H groups in total. The number of carbonyl (C=O) groups is 1. The average Bonchev–Trinajstić information content (AvgIpc) is 3.28. The van der Waals surface area contributed by atoms with Gasteiger partial charge in [0.2, 0.25) is 0 Å². The number of rotatable bonds is 5. The van der Waals surface area contributed by atoms with Crippen LogP contribution in [-0.2, 0) is 5.41 Å². The number of fused-ring (bicyclic) bond motifs is 2. The number of anilines is 2. The van der Waals surface area contributed by atoms with Gasteiger partial charge < -0.3 is 14.7 Å². The molecule has 3 fully saturated rings. The first-order valence-electron chi connectivity index (χ1n) is 12.9. The van der Waals surface area contributed by atoms with Gasteiger partial charge in [0.1, 0.15) is 5.69 Å². The quantitative estimate of drug-likeness (QED) is 0.499. The molecule has 1 amide bonds. The van der Waals surface area contributed by atoms with Gasteiger partial charge in [0.05, 0.1) is 11.8 Å². The highest BCUT2D eigenvalue weighted by Gasteiger charge is 2.53. The monoisotopic (exact) mass is 477 g/mol. The molecule has 6 rings (SSSR count). The van der Waals surface area contributed by atoms with Crippen molar-refractivity contribution in [3.8, 4) is 0 Å². The molecule has 2 aromatic rings. The topological polar surface area (TPSA) is 65.5 Å². The highest BCUT2D eigenvalue weighted by atomic mass is 32.2. The van der Waals surface area contributed by atoms with Gasteiger partial charge in [-0.25, -0.2) is 4.98 Å². The molecule has 0 saturated heterocycles. The molecule has 3 saturated carbocycles. The molecule has 2 heterocycles. The molecule has 4 aliphatic rings. The van der Waals surface area contributed by atoms with Gasteiger partial charge in [-0.1, -0.05) is 30.9 Å². The summed E-state index contributed by atoms with van der Waals surface area (Å²) in [6, 6.07) is 12.0. The van der Waals surface area contributed by atoms with Crippen molar-refractivity contribution in [2.24, 2.45) is 11.3 Å². The van der Waals surface area contributed by atoms with Crippen LogP contribution < -0.4 is 9.62 Å². The van der Waals surface area contributed by atoms with Crippen LogP contribution in [0.3, 0.4) is 0 Å². The van der Waals surface area contributed by atoms with Crippen LogP contribution in [0.15, 0.2) is 36.4 Å². The van der Waals surface area contributed by atoms with Crippen molar-refractivity contribution >= 4 is 29.2 Å². The maximum absolute atomic E-state index is 13.8. The Bertz CT molecular complexity index is 1080. The summed E-state index contributed by atoms with van der Waals surface area (Å²) in [4.78, 5) is 20.5. The Morgan fingerprint density at radius 3 is 2.56 bits per heavy atom. The molecule has 34 heavy (non-hydrogen) atoms. The number of hydrogen-bond acceptors (Lipinski definition) is 5. The number of aromatic nitrogens is 1. The van der Waals surface area contributed by atoms with Crippen molar-refractivity contribution in [2.45, 2.75) is 75.7 Å². The van der Waals surface area contributed by atoms with Crippen LogP contribution in [0.5, 0.6) is 0 Å². The van der Waals surface area contributed by atoms with E-state index in [1.807, 2.05) is 29.4 Å². The molecular weight excluding hydrogens is 442 g/mol. The normalized spacial score (nSPS) is 23.3. The lowest BCUT2D eigenvalue weighted by atomic mass is 9.66. The lowest BCUT2D eigenvalue weighted by Crippen LogP contribution is -2.40. The summed E-state index contributed by atoms with van der Waals surface area (Å²) < 4.78 is 3.38. The minimum absolute atomic E-state index is 0.0376. The molecule has 180 valence electrons. The smallest absolute Gasteiger partial charge is 0.276 e. The molecule has 1 aliphatic heterocycles. The predicted molar refractivity (Wildman–Crippen MR) is 138 cm³/mol. The second-order valence-electron chi connectivity index (χ2n) is 11.1. The van der Waals surface area contributed by atoms with E-state index in [0.717, 1.165) is 43.6 Å². The largest absolute Gasteiger partial charge is 0.387 e. The molecular formula is C28H35N3O2S. The number of nitrogens with one attached hydrogen (secondary N) is 1. The molecule has 5 nitrogen and oxygen atoms in total. The van der Waals surface area contributed by atoms with Gasteiger partial charge >= 0.3 is 0 Å². The van der Waals surface area contributed by atoms with Crippen molar-refractivity contribution in [3.63, 3.8) is 0 Å². The molecule has 0 unspecified atom stereocenters. The van der Waals surface area contributed by atoms with Crippen LogP contribution in [0.25, 0.3) is 0 Å². The molecule has 0 bridgehead atoms. The number of aliphatic hydroxyl groups is 1. The number of amides is 1.